The van der Waals surface area contributed by atoms with Crippen molar-refractivity contribution in [2.45, 2.75) is 51.5 Å². The Balaban J connectivity index is 3.33. The molecule has 1 aromatic rings. The lowest BCUT2D eigenvalue weighted by atomic mass is 10.0. The minimum Gasteiger partial charge on any atom is -0.404 e. The van der Waals surface area contributed by atoms with E-state index in [4.69, 9.17) is 5.73 Å². The van der Waals surface area contributed by atoms with Gasteiger partial charge in [-0.1, -0.05) is 12.2 Å². The summed E-state index contributed by atoms with van der Waals surface area (Å²) in [5.74, 6) is -0.365. The Bertz CT molecular complexity index is 992. The van der Waals surface area contributed by atoms with Crippen LogP contribution in [0.15, 0.2) is 41.2 Å². The maximum absolute atomic E-state index is 13.5. The van der Waals surface area contributed by atoms with Crippen molar-refractivity contribution < 1.29 is 22.8 Å². The van der Waals surface area contributed by atoms with Crippen LogP contribution in [-0.2, 0) is 22.3 Å². The molecule has 0 saturated heterocycles. The van der Waals surface area contributed by atoms with E-state index in [1.807, 2.05) is 0 Å². The van der Waals surface area contributed by atoms with Gasteiger partial charge in [-0.2, -0.15) is 18.3 Å². The lowest BCUT2D eigenvalue weighted by Crippen LogP contribution is -2.53. The molecule has 1 heterocycles. The number of carbonyl (C=O) groups excluding carboxylic acids is 2. The molecule has 0 aliphatic carbocycles. The van der Waals surface area contributed by atoms with Crippen LogP contribution >= 0.6 is 0 Å². The van der Waals surface area contributed by atoms with Crippen LogP contribution in [0.25, 0.3) is 5.57 Å². The Morgan fingerprint density at radius 1 is 1.37 bits per heavy atom. The van der Waals surface area contributed by atoms with Gasteiger partial charge in [0.05, 0.1) is 23.8 Å². The van der Waals surface area contributed by atoms with Crippen LogP contribution in [0.2, 0.25) is 0 Å². The fourth-order valence-electron chi connectivity index (χ4n) is 3.26. The molecule has 1 rings (SSSR count). The molecule has 2 amide bonds. The Hall–Kier alpha value is -3.41. The number of nitrogens with one attached hydrogen (secondary N) is 2. The van der Waals surface area contributed by atoms with E-state index in [0.29, 0.717) is 17.6 Å². The zero-order chi connectivity index (χ0) is 26.8. The smallest absolute Gasteiger partial charge is 0.404 e. The first-order valence-electron chi connectivity index (χ1n) is 10.8. The van der Waals surface area contributed by atoms with E-state index in [0.717, 1.165) is 6.07 Å². The van der Waals surface area contributed by atoms with E-state index < -0.39 is 23.5 Å². The highest BCUT2D eigenvalue weighted by Gasteiger charge is 2.36. The van der Waals surface area contributed by atoms with Gasteiger partial charge in [0.15, 0.2) is 5.69 Å². The molecule has 1 atom stereocenters. The number of nitrogens with zero attached hydrogens (tertiary/aromatic N) is 4. The monoisotopic (exact) mass is 497 g/mol. The summed E-state index contributed by atoms with van der Waals surface area (Å²) < 4.78 is 41.6. The first-order valence-corrected chi connectivity index (χ1v) is 10.8. The van der Waals surface area contributed by atoms with Crippen molar-refractivity contribution in [3.05, 3.63) is 47.6 Å². The molecular weight excluding hydrogens is 463 g/mol. The third-order valence-corrected chi connectivity index (χ3v) is 4.84. The molecule has 0 spiro atoms. The summed E-state index contributed by atoms with van der Waals surface area (Å²) in [6.45, 7) is 4.99. The summed E-state index contributed by atoms with van der Waals surface area (Å²) in [7, 11) is 4.67. The summed E-state index contributed by atoms with van der Waals surface area (Å²) in [5, 5.41) is 9.54. The number of nitrogens with two attached hydrogens (primary N) is 1. The van der Waals surface area contributed by atoms with Crippen molar-refractivity contribution in [1.82, 2.24) is 25.3 Å². The van der Waals surface area contributed by atoms with E-state index in [9.17, 15) is 22.8 Å². The third kappa shape index (κ3) is 9.04. The molecule has 0 bridgehead atoms. The van der Waals surface area contributed by atoms with Gasteiger partial charge in [-0.3, -0.25) is 19.3 Å². The fraction of sp³-hybridized carbons (Fsp3) is 0.478. The summed E-state index contributed by atoms with van der Waals surface area (Å²) >= 11 is 0. The number of likely N-dealkylation sites (N-methyl/N-ethyl adjacent to an activating group) is 1. The number of hydrogen-bond donors (Lipinski definition) is 3. The number of rotatable bonds is 12. The van der Waals surface area contributed by atoms with Crippen molar-refractivity contribution >= 4 is 24.1 Å². The zero-order valence-corrected chi connectivity index (χ0v) is 20.8. The van der Waals surface area contributed by atoms with E-state index >= 15 is 0 Å². The molecule has 0 aromatic carbocycles. The van der Waals surface area contributed by atoms with Crippen LogP contribution in [0, 0.1) is 0 Å². The highest BCUT2D eigenvalue weighted by molar-refractivity contribution is 5.86. The Morgan fingerprint density at radius 2 is 2.03 bits per heavy atom. The second kappa shape index (κ2) is 12.9. The molecule has 0 saturated carbocycles. The van der Waals surface area contributed by atoms with Gasteiger partial charge in [0, 0.05) is 32.1 Å². The molecule has 4 N–H and O–H groups in total. The van der Waals surface area contributed by atoms with Gasteiger partial charge in [-0.25, -0.2) is 0 Å². The van der Waals surface area contributed by atoms with Crippen molar-refractivity contribution in [3.63, 3.8) is 0 Å². The third-order valence-electron chi connectivity index (χ3n) is 4.84. The quantitative estimate of drug-likeness (QED) is 0.233. The van der Waals surface area contributed by atoms with Crippen LogP contribution in [0.1, 0.15) is 38.6 Å². The van der Waals surface area contributed by atoms with Gasteiger partial charge in [0.2, 0.25) is 12.3 Å². The minimum atomic E-state index is -4.67. The van der Waals surface area contributed by atoms with Crippen LogP contribution in [0.3, 0.4) is 0 Å². The molecule has 0 fully saturated rings. The molecule has 35 heavy (non-hydrogen) atoms. The van der Waals surface area contributed by atoms with Gasteiger partial charge in [0.1, 0.15) is 0 Å². The first kappa shape index (κ1) is 29.6. The van der Waals surface area contributed by atoms with Crippen molar-refractivity contribution in [1.29, 1.82) is 0 Å². The van der Waals surface area contributed by atoms with Crippen molar-refractivity contribution in [3.8, 4) is 0 Å². The van der Waals surface area contributed by atoms with Crippen molar-refractivity contribution in [2.24, 2.45) is 10.7 Å². The van der Waals surface area contributed by atoms with E-state index in [1.54, 1.807) is 53.2 Å². The predicted molar refractivity (Wildman–Crippen MR) is 130 cm³/mol. The number of halogens is 3. The lowest BCUT2D eigenvalue weighted by Gasteiger charge is -2.29. The summed E-state index contributed by atoms with van der Waals surface area (Å²) in [6, 6.07) is 0.269. The zero-order valence-electron chi connectivity index (χ0n) is 20.8. The number of aliphatic imine (C=N–C) groups is 1. The van der Waals surface area contributed by atoms with Crippen LogP contribution in [-0.4, -0.2) is 65.9 Å². The standard InChI is InChI=1S/C23H34F3N7O2/c1-7-8-17(13-32(6)15-34)19-10-20(23(24,25)26)31-33(19)14-22(2,3)30-21(35)18(29-5)9-16(11-27)12-28-4/h7-8,10-13,15,18,29H,9,14,27H2,1-6H3,(H,30,35)/b8-7-,16-11-,17-13+,28-12?. The van der Waals surface area contributed by atoms with Gasteiger partial charge >= 0.3 is 6.18 Å². The number of allylic oxidation sites excluding steroid dienone is 3. The highest BCUT2D eigenvalue weighted by Crippen LogP contribution is 2.31. The van der Waals surface area contributed by atoms with E-state index in [-0.39, 0.29) is 24.6 Å². The van der Waals surface area contributed by atoms with Crippen molar-refractivity contribution in [2.75, 3.05) is 21.1 Å². The van der Waals surface area contributed by atoms with Crippen LogP contribution in [0.4, 0.5) is 13.2 Å². The number of hydrogen-bond acceptors (Lipinski definition) is 6. The molecule has 9 nitrogen and oxygen atoms in total. The Morgan fingerprint density at radius 3 is 2.51 bits per heavy atom. The second-order valence-corrected chi connectivity index (χ2v) is 8.47. The average Bonchev–Trinajstić information content (AvgIpc) is 3.19. The van der Waals surface area contributed by atoms with E-state index in [2.05, 4.69) is 20.7 Å². The molecule has 1 aromatic heterocycles. The highest BCUT2D eigenvalue weighted by atomic mass is 19.4. The number of amides is 2. The second-order valence-electron chi connectivity index (χ2n) is 8.47. The number of carbonyl (C=O) groups is 2. The van der Waals surface area contributed by atoms with Gasteiger partial charge in [-0.05, 0) is 52.1 Å². The summed E-state index contributed by atoms with van der Waals surface area (Å²) in [5.41, 5.74) is 4.65. The normalized spacial score (nSPS) is 14.5. The fourth-order valence-corrected chi connectivity index (χ4v) is 3.26. The summed E-state index contributed by atoms with van der Waals surface area (Å²) in [6.07, 6.45) is 3.65. The Labute approximate surface area is 203 Å². The SMILES string of the molecule is C/C=C\C(=C/N(C)C=O)c1cc(C(F)(F)F)nn1CC(C)(C)NC(=O)C(C/C(C=NC)=C/N)NC. The molecular formula is C23H34F3N7O2. The Kier molecular flexibility index (Phi) is 10.9. The first-order chi connectivity index (χ1) is 16.3. The molecule has 0 aliphatic rings. The van der Waals surface area contributed by atoms with Gasteiger partial charge in [0.25, 0.3) is 0 Å². The largest absolute Gasteiger partial charge is 0.435 e. The average molecular weight is 498 g/mol. The molecule has 0 radical (unpaired) electrons. The maximum atomic E-state index is 13.5. The van der Waals surface area contributed by atoms with Crippen LogP contribution in [0.5, 0.6) is 0 Å². The molecule has 194 valence electrons. The minimum absolute atomic E-state index is 0.0731. The molecule has 0 aliphatic heterocycles. The number of aromatic nitrogens is 2. The van der Waals surface area contributed by atoms with Gasteiger partial charge < -0.3 is 21.3 Å². The molecule has 1 unspecified atom stereocenters. The predicted octanol–water partition coefficient (Wildman–Crippen LogP) is 2.32. The van der Waals surface area contributed by atoms with E-state index in [1.165, 1.54) is 29.0 Å². The van der Waals surface area contributed by atoms with Gasteiger partial charge in [-0.15, -0.1) is 0 Å². The maximum Gasteiger partial charge on any atom is 0.435 e. The van der Waals surface area contributed by atoms with Crippen LogP contribution < -0.4 is 16.4 Å². The lowest BCUT2D eigenvalue weighted by molar-refractivity contribution is -0.141. The summed E-state index contributed by atoms with van der Waals surface area (Å²) in [4.78, 5) is 29.1. The number of alkyl halides is 3. The molecule has 12 heteroatoms. The topological polar surface area (TPSA) is 118 Å².